The van der Waals surface area contributed by atoms with Crippen molar-refractivity contribution in [3.05, 3.63) is 44.3 Å². The maximum absolute atomic E-state index is 11.5. The maximum Gasteiger partial charge on any atom is 0.320 e. The summed E-state index contributed by atoms with van der Waals surface area (Å²) in [6, 6.07) is 4.03. The molecule has 0 spiro atoms. The van der Waals surface area contributed by atoms with Crippen LogP contribution in [0.2, 0.25) is 0 Å². The molecule has 1 N–H and O–H groups in total. The van der Waals surface area contributed by atoms with E-state index in [0.717, 1.165) is 19.4 Å². The number of carboxylic acid groups (broad SMARTS) is 1. The van der Waals surface area contributed by atoms with E-state index in [-0.39, 0.29) is 12.1 Å². The van der Waals surface area contributed by atoms with Crippen LogP contribution in [-0.4, -0.2) is 28.6 Å². The van der Waals surface area contributed by atoms with Gasteiger partial charge in [0.1, 0.15) is 6.04 Å². The quantitative estimate of drug-likeness (QED) is 0.935. The zero-order chi connectivity index (χ0) is 14.1. The Balaban J connectivity index is 2.00. The van der Waals surface area contributed by atoms with Crippen LogP contribution in [0.15, 0.2) is 28.3 Å². The normalized spacial score (nSPS) is 21.1. The first-order chi connectivity index (χ1) is 9.66. The van der Waals surface area contributed by atoms with E-state index in [1.54, 1.807) is 22.7 Å². The second kappa shape index (κ2) is 5.68. The van der Waals surface area contributed by atoms with Crippen molar-refractivity contribution < 1.29 is 9.90 Å². The third-order valence-corrected chi connectivity index (χ3v) is 5.59. The maximum atomic E-state index is 11.5. The van der Waals surface area contributed by atoms with Crippen LogP contribution in [0.25, 0.3) is 0 Å². The highest BCUT2D eigenvalue weighted by molar-refractivity contribution is 7.10. The second-order valence-electron chi connectivity index (χ2n) is 5.22. The molecule has 0 amide bonds. The third-order valence-electron chi connectivity index (χ3n) is 3.79. The molecule has 0 aromatic carbocycles. The molecule has 1 aliphatic rings. The van der Waals surface area contributed by atoms with Crippen LogP contribution in [0.5, 0.6) is 0 Å². The molecular weight excluding hydrogens is 290 g/mol. The smallest absolute Gasteiger partial charge is 0.320 e. The molecule has 3 rings (SSSR count). The fourth-order valence-corrected chi connectivity index (χ4v) is 4.63. The van der Waals surface area contributed by atoms with Crippen molar-refractivity contribution in [2.75, 3.05) is 6.54 Å². The molecule has 1 fully saturated rings. The monoisotopic (exact) mass is 307 g/mol. The third kappa shape index (κ3) is 2.53. The average Bonchev–Trinajstić information content (AvgIpc) is 3.12. The Morgan fingerprint density at radius 2 is 2.35 bits per heavy atom. The van der Waals surface area contributed by atoms with Crippen LogP contribution in [0.3, 0.4) is 0 Å². The fraction of sp³-hybridized carbons (Fsp3) is 0.400. The van der Waals surface area contributed by atoms with Gasteiger partial charge in [-0.1, -0.05) is 0 Å². The van der Waals surface area contributed by atoms with E-state index in [1.165, 1.54) is 16.0 Å². The molecule has 1 aliphatic heterocycles. The molecule has 0 saturated carbocycles. The van der Waals surface area contributed by atoms with E-state index in [2.05, 4.69) is 40.1 Å². The highest BCUT2D eigenvalue weighted by atomic mass is 32.1. The van der Waals surface area contributed by atoms with Gasteiger partial charge in [-0.2, -0.15) is 11.3 Å². The van der Waals surface area contributed by atoms with E-state index in [4.69, 9.17) is 0 Å². The first kappa shape index (κ1) is 13.8. The van der Waals surface area contributed by atoms with Gasteiger partial charge in [0.05, 0.1) is 6.04 Å². The largest absolute Gasteiger partial charge is 0.480 e. The molecule has 2 unspecified atom stereocenters. The predicted octanol–water partition coefficient (Wildman–Crippen LogP) is 3.76. The predicted molar refractivity (Wildman–Crippen MR) is 82.6 cm³/mol. The summed E-state index contributed by atoms with van der Waals surface area (Å²) in [6.45, 7) is 2.94. The molecule has 0 aliphatic carbocycles. The molecule has 20 heavy (non-hydrogen) atoms. The molecule has 2 atom stereocenters. The zero-order valence-corrected chi connectivity index (χ0v) is 12.9. The van der Waals surface area contributed by atoms with E-state index >= 15 is 0 Å². The number of rotatable bonds is 4. The van der Waals surface area contributed by atoms with Crippen LogP contribution in [-0.2, 0) is 4.79 Å². The summed E-state index contributed by atoms with van der Waals surface area (Å²) < 4.78 is 0. The molecule has 2 aromatic heterocycles. The highest BCUT2D eigenvalue weighted by Gasteiger charge is 2.37. The Hall–Kier alpha value is -1.17. The summed E-state index contributed by atoms with van der Waals surface area (Å²) in [7, 11) is 0. The van der Waals surface area contributed by atoms with Crippen LogP contribution in [0, 0.1) is 6.92 Å². The lowest BCUT2D eigenvalue weighted by atomic mass is 10.1. The average molecular weight is 307 g/mol. The van der Waals surface area contributed by atoms with Crippen molar-refractivity contribution in [2.45, 2.75) is 31.8 Å². The van der Waals surface area contributed by atoms with E-state index in [0.29, 0.717) is 0 Å². The Kier molecular flexibility index (Phi) is 3.92. The summed E-state index contributed by atoms with van der Waals surface area (Å²) in [5, 5.41) is 15.8. The van der Waals surface area contributed by atoms with Gasteiger partial charge in [0.2, 0.25) is 0 Å². The lowest BCUT2D eigenvalue weighted by molar-refractivity contribution is -0.142. The Morgan fingerprint density at radius 3 is 2.95 bits per heavy atom. The van der Waals surface area contributed by atoms with Crippen molar-refractivity contribution in [3.63, 3.8) is 0 Å². The van der Waals surface area contributed by atoms with Crippen molar-refractivity contribution in [1.82, 2.24) is 4.90 Å². The van der Waals surface area contributed by atoms with Gasteiger partial charge < -0.3 is 5.11 Å². The van der Waals surface area contributed by atoms with Crippen LogP contribution < -0.4 is 0 Å². The molecule has 0 radical (unpaired) electrons. The van der Waals surface area contributed by atoms with Crippen molar-refractivity contribution in [2.24, 2.45) is 0 Å². The number of aliphatic carboxylic acids is 1. The van der Waals surface area contributed by atoms with Gasteiger partial charge in [-0.05, 0) is 59.2 Å². The molecule has 2 aromatic rings. The lowest BCUT2D eigenvalue weighted by Gasteiger charge is -2.30. The number of carboxylic acids is 1. The molecule has 3 nitrogen and oxygen atoms in total. The van der Waals surface area contributed by atoms with E-state index < -0.39 is 5.97 Å². The molecular formula is C15H17NO2S2. The summed E-state index contributed by atoms with van der Waals surface area (Å²) in [4.78, 5) is 14.9. The molecule has 106 valence electrons. The lowest BCUT2D eigenvalue weighted by Crippen LogP contribution is -2.38. The molecule has 5 heteroatoms. The minimum Gasteiger partial charge on any atom is -0.480 e. The summed E-state index contributed by atoms with van der Waals surface area (Å²) in [6.07, 6.45) is 1.71. The van der Waals surface area contributed by atoms with Crippen molar-refractivity contribution in [3.8, 4) is 0 Å². The number of nitrogens with zero attached hydrogens (tertiary/aromatic N) is 1. The number of hydrogen-bond donors (Lipinski definition) is 1. The fourth-order valence-electron chi connectivity index (χ4n) is 2.91. The number of likely N-dealkylation sites (tertiary alicyclic amines) is 1. The van der Waals surface area contributed by atoms with Gasteiger partial charge in [0, 0.05) is 11.4 Å². The van der Waals surface area contributed by atoms with Gasteiger partial charge in [0.25, 0.3) is 0 Å². The van der Waals surface area contributed by atoms with Gasteiger partial charge >= 0.3 is 5.97 Å². The van der Waals surface area contributed by atoms with E-state index in [1.807, 2.05) is 0 Å². The topological polar surface area (TPSA) is 40.5 Å². The molecule has 1 saturated heterocycles. The summed E-state index contributed by atoms with van der Waals surface area (Å²) >= 11 is 3.39. The Labute approximate surface area is 126 Å². The summed E-state index contributed by atoms with van der Waals surface area (Å²) in [5.74, 6) is -0.698. The summed E-state index contributed by atoms with van der Waals surface area (Å²) in [5.41, 5.74) is 2.46. The van der Waals surface area contributed by atoms with Crippen LogP contribution >= 0.6 is 22.7 Å². The number of carbonyl (C=O) groups is 1. The second-order valence-corrected chi connectivity index (χ2v) is 6.94. The highest BCUT2D eigenvalue weighted by Crippen LogP contribution is 2.38. The Morgan fingerprint density at radius 1 is 1.50 bits per heavy atom. The number of hydrogen-bond acceptors (Lipinski definition) is 4. The first-order valence-electron chi connectivity index (χ1n) is 6.72. The molecule has 3 heterocycles. The van der Waals surface area contributed by atoms with Gasteiger partial charge in [0.15, 0.2) is 0 Å². The van der Waals surface area contributed by atoms with E-state index in [9.17, 15) is 9.90 Å². The number of aryl methyl sites for hydroxylation is 1. The van der Waals surface area contributed by atoms with Crippen LogP contribution in [0.1, 0.15) is 34.9 Å². The van der Waals surface area contributed by atoms with Gasteiger partial charge in [-0.25, -0.2) is 0 Å². The minimum atomic E-state index is -0.698. The minimum absolute atomic E-state index is 0.0866. The van der Waals surface area contributed by atoms with Gasteiger partial charge in [-0.3, -0.25) is 9.69 Å². The Bertz CT molecular complexity index is 591. The van der Waals surface area contributed by atoms with Crippen molar-refractivity contribution >= 4 is 28.6 Å². The van der Waals surface area contributed by atoms with Gasteiger partial charge in [-0.15, -0.1) is 11.3 Å². The molecule has 0 bridgehead atoms. The first-order valence-corrected chi connectivity index (χ1v) is 8.55. The zero-order valence-electron chi connectivity index (χ0n) is 11.3. The number of thiophene rings is 2. The SMILES string of the molecule is Cc1csc(C(c2ccsc2)N2CCCC2C(=O)O)c1. The van der Waals surface area contributed by atoms with Crippen LogP contribution in [0.4, 0.5) is 0 Å². The standard InChI is InChI=1S/C15H17NO2S2/c1-10-7-13(20-8-10)14(11-4-6-19-9-11)16-5-2-3-12(16)15(17)18/h4,6-9,12,14H,2-3,5H2,1H3,(H,17,18). The van der Waals surface area contributed by atoms with Crippen molar-refractivity contribution in [1.29, 1.82) is 0 Å².